The largest absolute Gasteiger partial charge is 0.394 e. The quantitative estimate of drug-likeness (QED) is 0.302. The fourth-order valence-electron chi connectivity index (χ4n) is 1.08. The van der Waals surface area contributed by atoms with Crippen molar-refractivity contribution in [2.24, 2.45) is 5.11 Å². The van der Waals surface area contributed by atoms with Gasteiger partial charge >= 0.3 is 0 Å². The van der Waals surface area contributed by atoms with E-state index in [0.29, 0.717) is 0 Å². The summed E-state index contributed by atoms with van der Waals surface area (Å²) in [7, 11) is 1.50. The molecular formula is C7H11N3O3. The predicted octanol–water partition coefficient (Wildman–Crippen LogP) is 0.585. The Bertz CT molecular complexity index is 237. The van der Waals surface area contributed by atoms with Crippen molar-refractivity contribution in [3.05, 3.63) is 22.6 Å². The summed E-state index contributed by atoms with van der Waals surface area (Å²) in [6.07, 6.45) is 2.32. The van der Waals surface area contributed by atoms with Crippen LogP contribution in [0.4, 0.5) is 0 Å². The highest BCUT2D eigenvalue weighted by Crippen LogP contribution is 2.15. The molecule has 3 atom stereocenters. The van der Waals surface area contributed by atoms with E-state index in [9.17, 15) is 0 Å². The summed E-state index contributed by atoms with van der Waals surface area (Å²) >= 11 is 0. The minimum Gasteiger partial charge on any atom is -0.394 e. The topological polar surface area (TPSA) is 87.5 Å². The van der Waals surface area contributed by atoms with Gasteiger partial charge in [-0.15, -0.1) is 0 Å². The summed E-state index contributed by atoms with van der Waals surface area (Å²) in [5.41, 5.74) is 8.21. The van der Waals surface area contributed by atoms with Crippen molar-refractivity contribution in [2.45, 2.75) is 18.4 Å². The molecule has 1 rings (SSSR count). The molecule has 6 nitrogen and oxygen atoms in total. The number of nitrogens with zero attached hydrogens (tertiary/aromatic N) is 3. The molecule has 0 fully saturated rings. The second kappa shape index (κ2) is 4.84. The molecular weight excluding hydrogens is 174 g/mol. The summed E-state index contributed by atoms with van der Waals surface area (Å²) in [6.45, 7) is -0.201. The van der Waals surface area contributed by atoms with E-state index in [1.807, 2.05) is 0 Å². The predicted molar refractivity (Wildman–Crippen MR) is 44.8 cm³/mol. The van der Waals surface area contributed by atoms with Crippen molar-refractivity contribution >= 4 is 0 Å². The first-order valence-corrected chi connectivity index (χ1v) is 3.83. The molecule has 1 heterocycles. The lowest BCUT2D eigenvalue weighted by atomic mass is 10.1. The number of ether oxygens (including phenoxy) is 2. The number of methoxy groups -OCH3 is 1. The van der Waals surface area contributed by atoms with Gasteiger partial charge in [0.05, 0.1) is 18.8 Å². The van der Waals surface area contributed by atoms with Crippen molar-refractivity contribution in [3.63, 3.8) is 0 Å². The van der Waals surface area contributed by atoms with E-state index in [1.165, 1.54) is 7.11 Å². The van der Waals surface area contributed by atoms with Crippen molar-refractivity contribution in [2.75, 3.05) is 13.7 Å². The van der Waals surface area contributed by atoms with Gasteiger partial charge in [-0.1, -0.05) is 11.2 Å². The Morgan fingerprint density at radius 2 is 2.46 bits per heavy atom. The van der Waals surface area contributed by atoms with Crippen LogP contribution >= 0.6 is 0 Å². The molecule has 0 bridgehead atoms. The summed E-state index contributed by atoms with van der Waals surface area (Å²) in [5, 5.41) is 12.4. The Balaban J connectivity index is 2.69. The maximum atomic E-state index is 8.90. The number of rotatable bonds is 3. The Hall–Kier alpha value is -1.07. The number of hydrogen-bond acceptors (Lipinski definition) is 4. The molecule has 0 aromatic carbocycles. The number of hydrogen-bond donors (Lipinski definition) is 1. The van der Waals surface area contributed by atoms with Crippen LogP contribution in [0.2, 0.25) is 0 Å². The third-order valence-corrected chi connectivity index (χ3v) is 1.75. The van der Waals surface area contributed by atoms with Crippen molar-refractivity contribution in [1.82, 2.24) is 0 Å². The van der Waals surface area contributed by atoms with Crippen LogP contribution in [0.3, 0.4) is 0 Å². The second-order valence-corrected chi connectivity index (χ2v) is 2.54. The Morgan fingerprint density at radius 3 is 3.00 bits per heavy atom. The third kappa shape index (κ3) is 2.43. The highest BCUT2D eigenvalue weighted by atomic mass is 16.7. The van der Waals surface area contributed by atoms with Crippen molar-refractivity contribution in [3.8, 4) is 0 Å². The van der Waals surface area contributed by atoms with E-state index in [0.717, 1.165) is 0 Å². The standard InChI is InChI=1S/C7H11N3O3/c1-12-7-3-2-5(9-10-8)6(4-11)13-7/h2-3,5-7,11H,4H2,1H3/t5-,6-,7+/m1/s1. The molecule has 0 aliphatic carbocycles. The summed E-state index contributed by atoms with van der Waals surface area (Å²) in [4.78, 5) is 2.65. The lowest BCUT2D eigenvalue weighted by Gasteiger charge is -2.27. The van der Waals surface area contributed by atoms with Crippen LogP contribution in [-0.2, 0) is 9.47 Å². The average molecular weight is 185 g/mol. The van der Waals surface area contributed by atoms with Gasteiger partial charge in [0.2, 0.25) is 0 Å². The molecule has 0 amide bonds. The van der Waals surface area contributed by atoms with E-state index in [-0.39, 0.29) is 6.61 Å². The number of aliphatic hydroxyl groups is 1. The lowest BCUT2D eigenvalue weighted by Crippen LogP contribution is -2.37. The molecule has 1 N–H and O–H groups in total. The van der Waals surface area contributed by atoms with Crippen LogP contribution < -0.4 is 0 Å². The summed E-state index contributed by atoms with van der Waals surface area (Å²) in [5.74, 6) is 0. The molecule has 1 aliphatic heterocycles. The molecule has 72 valence electrons. The van der Waals surface area contributed by atoms with Crippen molar-refractivity contribution in [1.29, 1.82) is 0 Å². The minimum absolute atomic E-state index is 0.201. The molecule has 6 heteroatoms. The van der Waals surface area contributed by atoms with Gasteiger partial charge < -0.3 is 14.6 Å². The average Bonchev–Trinajstić information content (AvgIpc) is 2.19. The van der Waals surface area contributed by atoms with Crippen LogP contribution in [0.1, 0.15) is 0 Å². The van der Waals surface area contributed by atoms with Crippen LogP contribution in [-0.4, -0.2) is 37.3 Å². The molecule has 0 unspecified atom stereocenters. The first-order valence-electron chi connectivity index (χ1n) is 3.83. The fourth-order valence-corrected chi connectivity index (χ4v) is 1.08. The molecule has 0 spiro atoms. The van der Waals surface area contributed by atoms with E-state index in [1.54, 1.807) is 12.2 Å². The first-order chi connectivity index (χ1) is 6.31. The zero-order chi connectivity index (χ0) is 9.68. The molecule has 0 aromatic rings. The number of azide groups is 1. The maximum Gasteiger partial charge on any atom is 0.176 e. The molecule has 0 saturated heterocycles. The Morgan fingerprint density at radius 1 is 1.69 bits per heavy atom. The van der Waals surface area contributed by atoms with E-state index in [2.05, 4.69) is 10.0 Å². The molecule has 0 radical (unpaired) electrons. The summed E-state index contributed by atoms with van der Waals surface area (Å²) in [6, 6.07) is -0.457. The molecule has 0 aromatic heterocycles. The minimum atomic E-state index is -0.522. The van der Waals surface area contributed by atoms with Crippen LogP contribution in [0.5, 0.6) is 0 Å². The van der Waals surface area contributed by atoms with Crippen LogP contribution in [0.25, 0.3) is 10.4 Å². The summed E-state index contributed by atoms with van der Waals surface area (Å²) < 4.78 is 10.1. The zero-order valence-corrected chi connectivity index (χ0v) is 7.20. The monoisotopic (exact) mass is 185 g/mol. The van der Waals surface area contributed by atoms with Gasteiger partial charge in [-0.25, -0.2) is 0 Å². The third-order valence-electron chi connectivity index (χ3n) is 1.75. The van der Waals surface area contributed by atoms with Crippen LogP contribution in [0, 0.1) is 0 Å². The SMILES string of the molecule is CO[C@@H]1C=C[C@@H](N=[N+]=[N-])[C@@H](CO)O1. The van der Waals surface area contributed by atoms with Gasteiger partial charge in [0.25, 0.3) is 0 Å². The highest BCUT2D eigenvalue weighted by Gasteiger charge is 2.25. The molecule has 1 aliphatic rings. The smallest absolute Gasteiger partial charge is 0.176 e. The normalized spacial score (nSPS) is 32.6. The molecule has 0 saturated carbocycles. The van der Waals surface area contributed by atoms with Gasteiger partial charge in [0.1, 0.15) is 0 Å². The van der Waals surface area contributed by atoms with Crippen molar-refractivity contribution < 1.29 is 14.6 Å². The lowest BCUT2D eigenvalue weighted by molar-refractivity contribution is -0.146. The highest BCUT2D eigenvalue weighted by molar-refractivity contribution is 5.03. The van der Waals surface area contributed by atoms with Crippen LogP contribution in [0.15, 0.2) is 17.3 Å². The zero-order valence-electron chi connectivity index (χ0n) is 7.20. The number of aliphatic hydroxyl groups excluding tert-OH is 1. The van der Waals surface area contributed by atoms with E-state index in [4.69, 9.17) is 20.1 Å². The second-order valence-electron chi connectivity index (χ2n) is 2.54. The first kappa shape index (κ1) is 10.0. The van der Waals surface area contributed by atoms with Gasteiger partial charge in [-0.3, -0.25) is 0 Å². The van der Waals surface area contributed by atoms with Gasteiger partial charge in [-0.2, -0.15) is 0 Å². The Labute approximate surface area is 75.4 Å². The van der Waals surface area contributed by atoms with Gasteiger partial charge in [0, 0.05) is 12.0 Å². The van der Waals surface area contributed by atoms with E-state index >= 15 is 0 Å². The maximum absolute atomic E-state index is 8.90. The van der Waals surface area contributed by atoms with E-state index < -0.39 is 18.4 Å². The molecule has 13 heavy (non-hydrogen) atoms. The Kier molecular flexibility index (Phi) is 3.72. The fraction of sp³-hybridized carbons (Fsp3) is 0.714. The van der Waals surface area contributed by atoms with Gasteiger partial charge in [0.15, 0.2) is 6.29 Å². The van der Waals surface area contributed by atoms with Gasteiger partial charge in [-0.05, 0) is 11.6 Å².